The number of aliphatic carboxylic acids is 2. The van der Waals surface area contributed by atoms with E-state index in [0.717, 1.165) is 0 Å². The lowest BCUT2D eigenvalue weighted by atomic mass is 10.1. The molecule has 27 heavy (non-hydrogen) atoms. The molecule has 0 rings (SSSR count). The van der Waals surface area contributed by atoms with Crippen LogP contribution in [0.1, 0.15) is 12.8 Å². The van der Waals surface area contributed by atoms with Crippen LogP contribution in [0.15, 0.2) is 0 Å². The van der Waals surface area contributed by atoms with Gasteiger partial charge in [0.1, 0.15) is 18.6 Å². The van der Waals surface area contributed by atoms with Gasteiger partial charge >= 0.3 is 11.9 Å². The molecule has 0 radical (unpaired) electrons. The first-order valence-electron chi connectivity index (χ1n) is 5.66. The van der Waals surface area contributed by atoms with Gasteiger partial charge in [0.2, 0.25) is 11.8 Å². The van der Waals surface area contributed by atoms with Crippen molar-refractivity contribution in [2.75, 3.05) is 12.3 Å². The van der Waals surface area contributed by atoms with Crippen LogP contribution in [0.5, 0.6) is 0 Å². The van der Waals surface area contributed by atoms with Gasteiger partial charge in [-0.15, -0.1) is 0 Å². The van der Waals surface area contributed by atoms with Crippen molar-refractivity contribution >= 4 is 36.4 Å². The van der Waals surface area contributed by atoms with Crippen LogP contribution in [0.25, 0.3) is 0 Å². The number of thiol groups is 1. The SMILES string of the molecule is NC(CCC(=O)NC(CS)C(=O)NCC(=O)O)C(=O)O.O.O.O.O.O.O.O. The van der Waals surface area contributed by atoms with Crippen LogP contribution in [0, 0.1) is 0 Å². The number of nitrogens with two attached hydrogens (primary N) is 1. The number of carbonyl (C=O) groups excluding carboxylic acids is 2. The van der Waals surface area contributed by atoms with Crippen LogP contribution in [-0.4, -0.2) is 96.7 Å². The molecule has 0 saturated carbocycles. The Labute approximate surface area is 158 Å². The van der Waals surface area contributed by atoms with Gasteiger partial charge in [0.25, 0.3) is 0 Å². The third kappa shape index (κ3) is 23.9. The highest BCUT2D eigenvalue weighted by atomic mass is 32.1. The average Bonchev–Trinajstić information content (AvgIpc) is 2.38. The van der Waals surface area contributed by atoms with E-state index in [0.29, 0.717) is 0 Å². The predicted molar refractivity (Wildman–Crippen MR) is 96.6 cm³/mol. The zero-order valence-electron chi connectivity index (χ0n) is 14.0. The lowest BCUT2D eigenvalue weighted by Gasteiger charge is -2.16. The van der Waals surface area contributed by atoms with Crippen molar-refractivity contribution < 1.29 is 67.7 Å². The summed E-state index contributed by atoms with van der Waals surface area (Å²) in [5.41, 5.74) is 5.23. The Morgan fingerprint density at radius 2 is 1.37 bits per heavy atom. The smallest absolute Gasteiger partial charge is 0.322 e. The first-order valence-corrected chi connectivity index (χ1v) is 6.29. The van der Waals surface area contributed by atoms with E-state index in [-0.39, 0.29) is 56.9 Å². The molecule has 0 aromatic rings. The molecule has 2 atom stereocenters. The topological polar surface area (TPSA) is 379 Å². The second-order valence-electron chi connectivity index (χ2n) is 3.90. The van der Waals surface area contributed by atoms with Gasteiger partial charge < -0.3 is 64.9 Å². The lowest BCUT2D eigenvalue weighted by molar-refractivity contribution is -0.139. The summed E-state index contributed by atoms with van der Waals surface area (Å²) in [4.78, 5) is 43.7. The minimum atomic E-state index is -1.22. The largest absolute Gasteiger partial charge is 0.480 e. The fourth-order valence-corrected chi connectivity index (χ4v) is 1.41. The Morgan fingerprint density at radius 1 is 0.926 bits per heavy atom. The number of carboxylic acid groups (broad SMARTS) is 2. The van der Waals surface area contributed by atoms with Crippen LogP contribution in [-0.2, 0) is 19.2 Å². The van der Waals surface area contributed by atoms with Gasteiger partial charge in [-0.25, -0.2) is 0 Å². The minimum Gasteiger partial charge on any atom is -0.480 e. The van der Waals surface area contributed by atoms with Crippen LogP contribution in [0.2, 0.25) is 0 Å². The highest BCUT2D eigenvalue weighted by Crippen LogP contribution is 1.97. The van der Waals surface area contributed by atoms with Gasteiger partial charge in [-0.2, -0.15) is 12.6 Å². The Morgan fingerprint density at radius 3 is 1.70 bits per heavy atom. The van der Waals surface area contributed by atoms with Gasteiger partial charge in [0.15, 0.2) is 0 Å². The molecule has 0 bridgehead atoms. The second-order valence-corrected chi connectivity index (χ2v) is 4.26. The molecule has 0 spiro atoms. The Balaban J connectivity index is -0.0000000860. The number of carbonyl (C=O) groups is 4. The molecule has 16 nitrogen and oxygen atoms in total. The second kappa shape index (κ2) is 26.1. The summed E-state index contributed by atoms with van der Waals surface area (Å²) in [7, 11) is 0. The molecule has 0 aliphatic heterocycles. The molecule has 0 aromatic heterocycles. The van der Waals surface area contributed by atoms with Crippen molar-refractivity contribution in [2.45, 2.75) is 24.9 Å². The van der Waals surface area contributed by atoms with Crippen LogP contribution in [0.4, 0.5) is 0 Å². The normalized spacial score (nSPS) is 9.70. The van der Waals surface area contributed by atoms with E-state index in [2.05, 4.69) is 23.3 Å². The molecule has 2 amide bonds. The zero-order chi connectivity index (χ0) is 15.7. The highest BCUT2D eigenvalue weighted by Gasteiger charge is 2.20. The minimum absolute atomic E-state index is 0. The van der Waals surface area contributed by atoms with Gasteiger partial charge in [-0.05, 0) is 6.42 Å². The van der Waals surface area contributed by atoms with E-state index in [4.69, 9.17) is 15.9 Å². The fraction of sp³-hybridized carbons (Fsp3) is 0.600. The van der Waals surface area contributed by atoms with Gasteiger partial charge in [0.05, 0.1) is 0 Å². The molecular weight excluding hydrogens is 402 g/mol. The number of nitrogens with one attached hydrogen (secondary N) is 2. The summed E-state index contributed by atoms with van der Waals surface area (Å²) in [6.45, 7) is -0.567. The number of hydrogen-bond acceptors (Lipinski definition) is 6. The third-order valence-electron chi connectivity index (χ3n) is 2.25. The zero-order valence-corrected chi connectivity index (χ0v) is 14.9. The summed E-state index contributed by atoms with van der Waals surface area (Å²) in [6, 6.07) is -2.15. The lowest BCUT2D eigenvalue weighted by Crippen LogP contribution is -2.49. The number of hydrogen-bond donors (Lipinski definition) is 6. The van der Waals surface area contributed by atoms with Crippen molar-refractivity contribution in [2.24, 2.45) is 5.73 Å². The third-order valence-corrected chi connectivity index (χ3v) is 2.61. The van der Waals surface area contributed by atoms with Gasteiger partial charge in [-0.1, -0.05) is 0 Å². The van der Waals surface area contributed by atoms with Gasteiger partial charge in [0, 0.05) is 12.2 Å². The highest BCUT2D eigenvalue weighted by molar-refractivity contribution is 7.80. The summed E-state index contributed by atoms with van der Waals surface area (Å²) < 4.78 is 0. The molecule has 0 heterocycles. The Kier molecular flexibility index (Phi) is 48.2. The average molecular weight is 433 g/mol. The first-order chi connectivity index (χ1) is 9.27. The Hall–Kier alpha value is -2.09. The van der Waals surface area contributed by atoms with E-state index in [1.165, 1.54) is 0 Å². The molecule has 0 aliphatic rings. The van der Waals surface area contributed by atoms with E-state index < -0.39 is 42.4 Å². The number of amides is 2. The summed E-state index contributed by atoms with van der Waals surface area (Å²) >= 11 is 3.87. The van der Waals surface area contributed by atoms with Crippen molar-refractivity contribution in [3.63, 3.8) is 0 Å². The standard InChI is InChI=1S/C10H17N3O6S.7H2O/c11-5(10(18)19)1-2-7(14)13-6(4-20)9(17)12-3-8(15)16;;;;;;;/h5-6,20H,1-4,11H2,(H,12,17)(H,13,14)(H,15,16)(H,18,19);7*1H2. The van der Waals surface area contributed by atoms with Crippen LogP contribution < -0.4 is 16.4 Å². The van der Waals surface area contributed by atoms with Crippen LogP contribution >= 0.6 is 12.6 Å². The van der Waals surface area contributed by atoms with Gasteiger partial charge in [-0.3, -0.25) is 19.2 Å². The van der Waals surface area contributed by atoms with E-state index >= 15 is 0 Å². The van der Waals surface area contributed by atoms with Crippen molar-refractivity contribution in [1.29, 1.82) is 0 Å². The van der Waals surface area contributed by atoms with E-state index in [1.807, 2.05) is 0 Å². The van der Waals surface area contributed by atoms with Crippen LogP contribution in [0.3, 0.4) is 0 Å². The molecule has 170 valence electrons. The quantitative estimate of drug-likeness (QED) is 0.190. The monoisotopic (exact) mass is 433 g/mol. The van der Waals surface area contributed by atoms with Crippen molar-refractivity contribution in [1.82, 2.24) is 10.6 Å². The maximum atomic E-state index is 11.5. The molecule has 17 heteroatoms. The number of carboxylic acids is 2. The number of rotatable bonds is 9. The van der Waals surface area contributed by atoms with Crippen molar-refractivity contribution in [3.05, 3.63) is 0 Å². The van der Waals surface area contributed by atoms with E-state index in [1.54, 1.807) is 0 Å². The van der Waals surface area contributed by atoms with Crippen molar-refractivity contribution in [3.8, 4) is 0 Å². The summed E-state index contributed by atoms with van der Waals surface area (Å²) in [5.74, 6) is -3.70. The molecule has 0 aliphatic carbocycles. The predicted octanol–water partition coefficient (Wildman–Crippen LogP) is -7.98. The molecule has 20 N–H and O–H groups in total. The molecule has 0 saturated heterocycles. The summed E-state index contributed by atoms with van der Waals surface area (Å²) in [5, 5.41) is 21.4. The van der Waals surface area contributed by atoms with E-state index in [9.17, 15) is 19.2 Å². The Bertz CT molecular complexity index is 399. The maximum Gasteiger partial charge on any atom is 0.322 e. The first kappa shape index (κ1) is 49.8. The fourth-order valence-electron chi connectivity index (χ4n) is 1.16. The maximum absolute atomic E-state index is 11.5. The molecule has 0 aromatic carbocycles. The molecule has 2 unspecified atom stereocenters. The summed E-state index contributed by atoms with van der Waals surface area (Å²) in [6.07, 6.45) is -0.235. The molecular formula is C10H31N3O13S. The molecule has 0 fully saturated rings.